The molecule has 1 N–H and O–H groups in total. The van der Waals surface area contributed by atoms with E-state index in [1.807, 2.05) is 25.1 Å². The highest BCUT2D eigenvalue weighted by Crippen LogP contribution is 2.31. The molecule has 0 aliphatic carbocycles. The highest BCUT2D eigenvalue weighted by Gasteiger charge is 2.30. The van der Waals surface area contributed by atoms with E-state index in [2.05, 4.69) is 5.32 Å². The van der Waals surface area contributed by atoms with Gasteiger partial charge in [0, 0.05) is 6.04 Å². The summed E-state index contributed by atoms with van der Waals surface area (Å²) in [6, 6.07) is 12.2. The number of anilines is 1. The Balaban J connectivity index is 2.14. The summed E-state index contributed by atoms with van der Waals surface area (Å²) >= 11 is 6.03. The molecule has 0 fully saturated rings. The molecule has 0 bridgehead atoms. The largest absolute Gasteiger partial charge is 0.416 e. The molecule has 0 heterocycles. The van der Waals surface area contributed by atoms with Crippen molar-refractivity contribution < 1.29 is 13.2 Å². The summed E-state index contributed by atoms with van der Waals surface area (Å²) in [6.07, 6.45) is -4.31. The van der Waals surface area contributed by atoms with E-state index in [4.69, 9.17) is 11.6 Å². The SMILES string of the molecule is CC(Nc1ccccc1Cl)c1ccc(C(F)(F)F)cc1. The number of rotatable bonds is 3. The van der Waals surface area contributed by atoms with Crippen LogP contribution in [0.1, 0.15) is 24.1 Å². The van der Waals surface area contributed by atoms with Crippen LogP contribution in [0.25, 0.3) is 0 Å². The molecule has 0 radical (unpaired) electrons. The predicted molar refractivity (Wildman–Crippen MR) is 74.9 cm³/mol. The van der Waals surface area contributed by atoms with Gasteiger partial charge in [-0.3, -0.25) is 0 Å². The smallest absolute Gasteiger partial charge is 0.377 e. The third-order valence-electron chi connectivity index (χ3n) is 2.98. The van der Waals surface area contributed by atoms with Crippen molar-refractivity contribution in [2.75, 3.05) is 5.32 Å². The van der Waals surface area contributed by atoms with E-state index < -0.39 is 11.7 Å². The molecule has 0 saturated heterocycles. The van der Waals surface area contributed by atoms with E-state index in [9.17, 15) is 13.2 Å². The third-order valence-corrected chi connectivity index (χ3v) is 3.31. The molecule has 2 aromatic carbocycles. The van der Waals surface area contributed by atoms with Gasteiger partial charge < -0.3 is 5.32 Å². The second-order valence-corrected chi connectivity index (χ2v) is 4.87. The first kappa shape index (κ1) is 14.7. The molecular weight excluding hydrogens is 287 g/mol. The van der Waals surface area contributed by atoms with E-state index in [0.29, 0.717) is 5.02 Å². The zero-order valence-electron chi connectivity index (χ0n) is 10.7. The highest BCUT2D eigenvalue weighted by atomic mass is 35.5. The van der Waals surface area contributed by atoms with Crippen LogP contribution in [-0.4, -0.2) is 0 Å². The zero-order chi connectivity index (χ0) is 14.8. The molecule has 0 amide bonds. The van der Waals surface area contributed by atoms with Gasteiger partial charge in [0.1, 0.15) is 0 Å². The van der Waals surface area contributed by atoms with Gasteiger partial charge in [-0.05, 0) is 36.8 Å². The summed E-state index contributed by atoms with van der Waals surface area (Å²) in [7, 11) is 0. The van der Waals surface area contributed by atoms with Crippen LogP contribution in [-0.2, 0) is 6.18 Å². The number of benzene rings is 2. The lowest BCUT2D eigenvalue weighted by Gasteiger charge is -2.17. The van der Waals surface area contributed by atoms with Crippen molar-refractivity contribution in [2.45, 2.75) is 19.1 Å². The molecule has 0 aliphatic heterocycles. The van der Waals surface area contributed by atoms with Crippen LogP contribution >= 0.6 is 11.6 Å². The summed E-state index contributed by atoms with van der Waals surface area (Å²) in [5.74, 6) is 0. The van der Waals surface area contributed by atoms with Crippen LogP contribution in [0.5, 0.6) is 0 Å². The summed E-state index contributed by atoms with van der Waals surface area (Å²) in [6.45, 7) is 1.87. The van der Waals surface area contributed by atoms with Gasteiger partial charge in [0.25, 0.3) is 0 Å². The average Bonchev–Trinajstić information content (AvgIpc) is 2.40. The normalized spacial score (nSPS) is 13.1. The van der Waals surface area contributed by atoms with Gasteiger partial charge in [-0.2, -0.15) is 13.2 Å². The highest BCUT2D eigenvalue weighted by molar-refractivity contribution is 6.33. The molecule has 5 heteroatoms. The van der Waals surface area contributed by atoms with E-state index in [1.165, 1.54) is 12.1 Å². The van der Waals surface area contributed by atoms with Gasteiger partial charge in [-0.25, -0.2) is 0 Å². The average molecular weight is 300 g/mol. The van der Waals surface area contributed by atoms with Crippen molar-refractivity contribution in [1.82, 2.24) is 0 Å². The maximum absolute atomic E-state index is 12.5. The molecule has 1 atom stereocenters. The minimum atomic E-state index is -4.31. The molecule has 0 saturated carbocycles. The van der Waals surface area contributed by atoms with Gasteiger partial charge in [0.15, 0.2) is 0 Å². The number of hydrogen-bond acceptors (Lipinski definition) is 1. The fourth-order valence-electron chi connectivity index (χ4n) is 1.86. The first-order valence-corrected chi connectivity index (χ1v) is 6.44. The van der Waals surface area contributed by atoms with Gasteiger partial charge >= 0.3 is 6.18 Å². The minimum absolute atomic E-state index is 0.141. The van der Waals surface area contributed by atoms with E-state index >= 15 is 0 Å². The van der Waals surface area contributed by atoms with Crippen molar-refractivity contribution in [3.05, 3.63) is 64.7 Å². The van der Waals surface area contributed by atoms with Crippen molar-refractivity contribution in [3.63, 3.8) is 0 Å². The summed E-state index contributed by atoms with van der Waals surface area (Å²) < 4.78 is 37.5. The van der Waals surface area contributed by atoms with Crippen molar-refractivity contribution in [3.8, 4) is 0 Å². The number of nitrogens with one attached hydrogen (secondary N) is 1. The number of hydrogen-bond donors (Lipinski definition) is 1. The van der Waals surface area contributed by atoms with Crippen molar-refractivity contribution in [1.29, 1.82) is 0 Å². The third kappa shape index (κ3) is 3.45. The lowest BCUT2D eigenvalue weighted by atomic mass is 10.1. The van der Waals surface area contributed by atoms with Gasteiger partial charge in [0.2, 0.25) is 0 Å². The van der Waals surface area contributed by atoms with Crippen LogP contribution in [0, 0.1) is 0 Å². The Kier molecular flexibility index (Phi) is 4.23. The van der Waals surface area contributed by atoms with Crippen LogP contribution < -0.4 is 5.32 Å². The van der Waals surface area contributed by atoms with Crippen LogP contribution in [0.2, 0.25) is 5.02 Å². The number of halogens is 4. The number of alkyl halides is 3. The van der Waals surface area contributed by atoms with Crippen LogP contribution in [0.3, 0.4) is 0 Å². The summed E-state index contributed by atoms with van der Waals surface area (Å²) in [5.41, 5.74) is 0.866. The zero-order valence-corrected chi connectivity index (χ0v) is 11.5. The molecule has 2 aromatic rings. The maximum Gasteiger partial charge on any atom is 0.416 e. The molecule has 2 rings (SSSR count). The van der Waals surface area contributed by atoms with Crippen molar-refractivity contribution in [2.24, 2.45) is 0 Å². The van der Waals surface area contributed by atoms with Crippen molar-refractivity contribution >= 4 is 17.3 Å². The quantitative estimate of drug-likeness (QED) is 0.785. The van der Waals surface area contributed by atoms with Crippen LogP contribution in [0.15, 0.2) is 48.5 Å². The minimum Gasteiger partial charge on any atom is -0.377 e. The first-order valence-electron chi connectivity index (χ1n) is 6.06. The van der Waals surface area contributed by atoms with Gasteiger partial charge in [-0.15, -0.1) is 0 Å². The fourth-order valence-corrected chi connectivity index (χ4v) is 2.05. The van der Waals surface area contributed by atoms with Crippen LogP contribution in [0.4, 0.5) is 18.9 Å². The first-order chi connectivity index (χ1) is 9.38. The lowest BCUT2D eigenvalue weighted by Crippen LogP contribution is -2.09. The number of para-hydroxylation sites is 1. The molecular formula is C15H13ClF3N. The van der Waals surface area contributed by atoms with E-state index in [1.54, 1.807) is 6.07 Å². The Labute approximate surface area is 120 Å². The van der Waals surface area contributed by atoms with E-state index in [0.717, 1.165) is 23.4 Å². The van der Waals surface area contributed by atoms with Gasteiger partial charge in [-0.1, -0.05) is 35.9 Å². The summed E-state index contributed by atoms with van der Waals surface area (Å²) in [4.78, 5) is 0. The predicted octanol–water partition coefficient (Wildman–Crippen LogP) is 5.53. The fraction of sp³-hybridized carbons (Fsp3) is 0.200. The monoisotopic (exact) mass is 299 g/mol. The molecule has 106 valence electrons. The van der Waals surface area contributed by atoms with E-state index in [-0.39, 0.29) is 6.04 Å². The molecule has 0 spiro atoms. The Hall–Kier alpha value is -1.68. The maximum atomic E-state index is 12.5. The molecule has 1 nitrogen and oxygen atoms in total. The molecule has 0 aliphatic rings. The molecule has 0 aromatic heterocycles. The Morgan fingerprint density at radius 3 is 2.15 bits per heavy atom. The second-order valence-electron chi connectivity index (χ2n) is 4.47. The Bertz CT molecular complexity index is 578. The second kappa shape index (κ2) is 5.75. The Morgan fingerprint density at radius 1 is 1.00 bits per heavy atom. The summed E-state index contributed by atoms with van der Waals surface area (Å²) in [5, 5.41) is 3.75. The molecule has 1 unspecified atom stereocenters. The standard InChI is InChI=1S/C15H13ClF3N/c1-10(20-14-5-3-2-4-13(14)16)11-6-8-12(9-7-11)15(17,18)19/h2-10,20H,1H3. The van der Waals surface area contributed by atoms with Gasteiger partial charge in [0.05, 0.1) is 16.3 Å². The lowest BCUT2D eigenvalue weighted by molar-refractivity contribution is -0.137. The molecule has 20 heavy (non-hydrogen) atoms. The topological polar surface area (TPSA) is 12.0 Å². The Morgan fingerprint density at radius 2 is 1.60 bits per heavy atom.